The summed E-state index contributed by atoms with van der Waals surface area (Å²) in [7, 11) is -3.91. The van der Waals surface area contributed by atoms with Crippen LogP contribution in [0.15, 0.2) is 59.5 Å². The monoisotopic (exact) mass is 448 g/mol. The summed E-state index contributed by atoms with van der Waals surface area (Å²) in [5.41, 5.74) is 6.88. The first-order chi connectivity index (χ1) is 14.7. The van der Waals surface area contributed by atoms with Gasteiger partial charge in [0, 0.05) is 11.5 Å². The lowest BCUT2D eigenvalue weighted by Gasteiger charge is -2.53. The van der Waals surface area contributed by atoms with Crippen molar-refractivity contribution in [1.29, 1.82) is 0 Å². The van der Waals surface area contributed by atoms with E-state index in [1.165, 1.54) is 12.1 Å². The molecule has 0 spiro atoms. The van der Waals surface area contributed by atoms with Gasteiger partial charge in [-0.3, -0.25) is 0 Å². The van der Waals surface area contributed by atoms with Crippen molar-refractivity contribution in [1.82, 2.24) is 4.72 Å². The Morgan fingerprint density at radius 2 is 1.61 bits per heavy atom. The third-order valence-electron chi connectivity index (χ3n) is 5.44. The lowest BCUT2D eigenvalue weighted by molar-refractivity contribution is -0.474. The predicted molar refractivity (Wildman–Crippen MR) is 114 cm³/mol. The molecule has 2 unspecified atom stereocenters. The zero-order valence-electron chi connectivity index (χ0n) is 17.6. The van der Waals surface area contributed by atoms with Crippen molar-refractivity contribution in [3.63, 3.8) is 0 Å². The maximum atomic E-state index is 13.0. The van der Waals surface area contributed by atoms with Gasteiger partial charge < -0.3 is 24.7 Å². The minimum atomic E-state index is -3.91. The standard InChI is InChI=1S/C22H28N2O6S/c1-16(23)20(22-28-13-21(2,14-29-22)15-30-22)24-31(25,26)19-10-8-18(9-11-19)27-12-17-6-4-3-5-7-17/h3-11,16,20,24H,12-15,23H2,1-2H3. The lowest BCUT2D eigenvalue weighted by atomic mass is 9.90. The molecule has 0 aromatic heterocycles. The van der Waals surface area contributed by atoms with Gasteiger partial charge in [0.1, 0.15) is 18.4 Å². The molecular formula is C22H28N2O6S. The van der Waals surface area contributed by atoms with Crippen LogP contribution in [0.1, 0.15) is 19.4 Å². The third kappa shape index (κ3) is 4.77. The molecule has 3 N–H and O–H groups in total. The summed E-state index contributed by atoms with van der Waals surface area (Å²) in [5, 5.41) is 0. The number of hydrogen-bond donors (Lipinski definition) is 2. The average molecular weight is 449 g/mol. The fraction of sp³-hybridized carbons (Fsp3) is 0.455. The van der Waals surface area contributed by atoms with E-state index in [0.29, 0.717) is 32.2 Å². The van der Waals surface area contributed by atoms with Crippen LogP contribution in [-0.4, -0.2) is 46.3 Å². The number of sulfonamides is 1. The van der Waals surface area contributed by atoms with E-state index in [2.05, 4.69) is 4.72 Å². The summed E-state index contributed by atoms with van der Waals surface area (Å²) < 4.78 is 51.8. The normalized spacial score (nSPS) is 27.6. The van der Waals surface area contributed by atoms with Gasteiger partial charge in [-0.15, -0.1) is 0 Å². The first-order valence-corrected chi connectivity index (χ1v) is 11.7. The van der Waals surface area contributed by atoms with Crippen LogP contribution in [0.4, 0.5) is 0 Å². The molecule has 0 saturated carbocycles. The minimum absolute atomic E-state index is 0.0815. The van der Waals surface area contributed by atoms with Crippen molar-refractivity contribution in [2.24, 2.45) is 11.1 Å². The summed E-state index contributed by atoms with van der Waals surface area (Å²) in [6, 6.07) is 14.4. The number of nitrogens with one attached hydrogen (secondary N) is 1. The molecule has 2 atom stereocenters. The Balaban J connectivity index is 1.45. The molecule has 5 rings (SSSR count). The first kappa shape index (κ1) is 22.2. The van der Waals surface area contributed by atoms with E-state index < -0.39 is 28.1 Å². The number of rotatable bonds is 8. The van der Waals surface area contributed by atoms with E-state index in [1.807, 2.05) is 37.3 Å². The number of nitrogens with two attached hydrogens (primary N) is 1. The van der Waals surface area contributed by atoms with Crippen LogP contribution in [0, 0.1) is 5.41 Å². The van der Waals surface area contributed by atoms with E-state index in [-0.39, 0.29) is 10.3 Å². The van der Waals surface area contributed by atoms with Crippen molar-refractivity contribution in [2.45, 2.75) is 43.4 Å². The second-order valence-electron chi connectivity index (χ2n) is 8.48. The van der Waals surface area contributed by atoms with E-state index in [9.17, 15) is 8.42 Å². The third-order valence-corrected chi connectivity index (χ3v) is 6.89. The Labute approximate surface area is 182 Å². The van der Waals surface area contributed by atoms with Gasteiger partial charge in [0.05, 0.1) is 24.7 Å². The SMILES string of the molecule is CC(N)C(NS(=O)(=O)c1ccc(OCc2ccccc2)cc1)C12OCC(C)(CO1)CO2. The van der Waals surface area contributed by atoms with Gasteiger partial charge in [0.2, 0.25) is 10.0 Å². The summed E-state index contributed by atoms with van der Waals surface area (Å²) in [6.45, 7) is 5.29. The maximum absolute atomic E-state index is 13.0. The fourth-order valence-electron chi connectivity index (χ4n) is 3.54. The van der Waals surface area contributed by atoms with Gasteiger partial charge in [0.15, 0.2) is 0 Å². The number of hydrogen-bond acceptors (Lipinski definition) is 7. The lowest BCUT2D eigenvalue weighted by Crippen LogP contribution is -2.70. The summed E-state index contributed by atoms with van der Waals surface area (Å²) in [4.78, 5) is 0.0815. The first-order valence-electron chi connectivity index (χ1n) is 10.2. The van der Waals surface area contributed by atoms with Crippen LogP contribution < -0.4 is 15.2 Å². The van der Waals surface area contributed by atoms with Crippen LogP contribution in [0.3, 0.4) is 0 Å². The molecule has 3 heterocycles. The molecule has 0 radical (unpaired) electrons. The molecule has 0 amide bonds. The molecule has 2 aromatic rings. The van der Waals surface area contributed by atoms with Gasteiger partial charge >= 0.3 is 5.97 Å². The van der Waals surface area contributed by atoms with Gasteiger partial charge in [0.25, 0.3) is 0 Å². The summed E-state index contributed by atoms with van der Waals surface area (Å²) in [5.74, 6) is -0.962. The topological polar surface area (TPSA) is 109 Å². The molecular weight excluding hydrogens is 420 g/mol. The Kier molecular flexibility index (Phi) is 6.08. The zero-order valence-corrected chi connectivity index (χ0v) is 18.4. The fourth-order valence-corrected chi connectivity index (χ4v) is 4.86. The summed E-state index contributed by atoms with van der Waals surface area (Å²) in [6.07, 6.45) is 0. The second kappa shape index (κ2) is 8.50. The van der Waals surface area contributed by atoms with E-state index in [0.717, 1.165) is 5.56 Å². The Morgan fingerprint density at radius 1 is 1.03 bits per heavy atom. The van der Waals surface area contributed by atoms with Crippen LogP contribution >= 0.6 is 0 Å². The zero-order chi connectivity index (χ0) is 22.1. The van der Waals surface area contributed by atoms with Crippen molar-refractivity contribution in [3.8, 4) is 5.75 Å². The molecule has 3 saturated heterocycles. The van der Waals surface area contributed by atoms with Crippen LogP contribution in [0.25, 0.3) is 0 Å². The smallest absolute Gasteiger partial charge is 0.301 e. The molecule has 0 aliphatic carbocycles. The Hall–Kier alpha value is -2.01. The van der Waals surface area contributed by atoms with E-state index in [4.69, 9.17) is 24.7 Å². The van der Waals surface area contributed by atoms with Crippen LogP contribution in [0.5, 0.6) is 5.75 Å². The van der Waals surface area contributed by atoms with Gasteiger partial charge in [-0.25, -0.2) is 8.42 Å². The number of benzene rings is 2. The van der Waals surface area contributed by atoms with Crippen LogP contribution in [-0.2, 0) is 30.8 Å². The quantitative estimate of drug-likeness (QED) is 0.636. The Morgan fingerprint density at radius 3 is 2.16 bits per heavy atom. The van der Waals surface area contributed by atoms with E-state index in [1.54, 1.807) is 19.1 Å². The molecule has 2 aromatic carbocycles. The molecule has 2 bridgehead atoms. The molecule has 8 nitrogen and oxygen atoms in total. The highest BCUT2D eigenvalue weighted by atomic mass is 32.2. The minimum Gasteiger partial charge on any atom is -0.489 e. The van der Waals surface area contributed by atoms with Crippen molar-refractivity contribution in [3.05, 3.63) is 60.2 Å². The molecule has 3 aliphatic heterocycles. The highest BCUT2D eigenvalue weighted by molar-refractivity contribution is 7.89. The van der Waals surface area contributed by atoms with Crippen LogP contribution in [0.2, 0.25) is 0 Å². The van der Waals surface area contributed by atoms with Gasteiger partial charge in [-0.05, 0) is 36.8 Å². The number of fused-ring (bicyclic) bond motifs is 3. The van der Waals surface area contributed by atoms with E-state index >= 15 is 0 Å². The molecule has 9 heteroatoms. The highest BCUT2D eigenvalue weighted by Gasteiger charge is 2.56. The molecule has 3 aliphatic rings. The predicted octanol–water partition coefficient (Wildman–Crippen LogP) is 2.00. The largest absolute Gasteiger partial charge is 0.489 e. The highest BCUT2D eigenvalue weighted by Crippen LogP contribution is 2.40. The van der Waals surface area contributed by atoms with Crippen molar-refractivity contribution < 1.29 is 27.4 Å². The van der Waals surface area contributed by atoms with Gasteiger partial charge in [-0.2, -0.15) is 4.72 Å². The average Bonchev–Trinajstić information content (AvgIpc) is 2.78. The van der Waals surface area contributed by atoms with Crippen molar-refractivity contribution >= 4 is 10.0 Å². The van der Waals surface area contributed by atoms with Crippen molar-refractivity contribution in [2.75, 3.05) is 19.8 Å². The molecule has 168 valence electrons. The second-order valence-corrected chi connectivity index (χ2v) is 10.2. The molecule has 31 heavy (non-hydrogen) atoms. The van der Waals surface area contributed by atoms with Gasteiger partial charge in [-0.1, -0.05) is 37.3 Å². The maximum Gasteiger partial charge on any atom is 0.301 e. The molecule has 3 fully saturated rings. The summed E-state index contributed by atoms with van der Waals surface area (Å²) >= 11 is 0. The Bertz CT molecular complexity index is 970. The number of ether oxygens (including phenoxy) is 4.